The van der Waals surface area contributed by atoms with Gasteiger partial charge in [-0.15, -0.1) is 0 Å². The van der Waals surface area contributed by atoms with E-state index in [1.807, 2.05) is 6.07 Å². The van der Waals surface area contributed by atoms with Crippen molar-refractivity contribution < 1.29 is 14.6 Å². The summed E-state index contributed by atoms with van der Waals surface area (Å²) >= 11 is 0. The summed E-state index contributed by atoms with van der Waals surface area (Å²) in [5.41, 5.74) is 1.09. The molecule has 0 fully saturated rings. The molecule has 1 N–H and O–H groups in total. The number of phenolic OH excluding ortho intramolecular Hbond substituents is 1. The molecule has 1 atom stereocenters. The maximum absolute atomic E-state index is 9.65. The molecule has 1 heterocycles. The van der Waals surface area contributed by atoms with Gasteiger partial charge < -0.3 is 14.6 Å². The minimum absolute atomic E-state index is 0. The zero-order valence-electron chi connectivity index (χ0n) is 8.41. The molecule has 0 saturated carbocycles. The highest BCUT2D eigenvalue weighted by molar-refractivity contribution is 5.54. The molecule has 1 aromatic carbocycles. The highest BCUT2D eigenvalue weighted by atomic mass is 16.7. The second-order valence-electron chi connectivity index (χ2n) is 3.58. The first kappa shape index (κ1) is 14.6. The second kappa shape index (κ2) is 5.64. The fourth-order valence-corrected chi connectivity index (χ4v) is 1.53. The van der Waals surface area contributed by atoms with E-state index in [2.05, 4.69) is 13.8 Å². The van der Waals surface area contributed by atoms with E-state index in [0.717, 1.165) is 12.0 Å². The number of rotatable bonds is 2. The van der Waals surface area contributed by atoms with E-state index >= 15 is 0 Å². The standard InChI is InChI=1S/C11H14O3.2CH4/c1-3-7(2)8-4-9(12)11-10(5-8)13-6-14-11;;/h4-5,7,12H,3,6H2,1-2H3;2*1H4. The van der Waals surface area contributed by atoms with Crippen LogP contribution in [0.25, 0.3) is 0 Å². The quantitative estimate of drug-likeness (QED) is 0.831. The molecule has 92 valence electrons. The van der Waals surface area contributed by atoms with E-state index < -0.39 is 0 Å². The number of fused-ring (bicyclic) bond motifs is 1. The van der Waals surface area contributed by atoms with Crippen LogP contribution in [-0.2, 0) is 0 Å². The zero-order valence-corrected chi connectivity index (χ0v) is 8.41. The molecule has 0 bridgehead atoms. The monoisotopic (exact) mass is 226 g/mol. The van der Waals surface area contributed by atoms with E-state index in [0.29, 0.717) is 17.4 Å². The van der Waals surface area contributed by atoms with Crippen molar-refractivity contribution in [1.29, 1.82) is 0 Å². The first-order valence-electron chi connectivity index (χ1n) is 4.85. The van der Waals surface area contributed by atoms with Crippen LogP contribution in [0.4, 0.5) is 0 Å². The van der Waals surface area contributed by atoms with E-state index in [1.165, 1.54) is 0 Å². The molecule has 1 aliphatic heterocycles. The number of aromatic hydroxyl groups is 1. The van der Waals surface area contributed by atoms with Crippen LogP contribution in [0.15, 0.2) is 12.1 Å². The molecule has 1 aliphatic rings. The Hall–Kier alpha value is -1.38. The lowest BCUT2D eigenvalue weighted by molar-refractivity contribution is 0.171. The number of phenols is 1. The highest BCUT2D eigenvalue weighted by Gasteiger charge is 2.20. The SMILES string of the molecule is C.C.CCC(C)c1cc(O)c2c(c1)OCO2. The largest absolute Gasteiger partial charge is 0.504 e. The van der Waals surface area contributed by atoms with Crippen LogP contribution < -0.4 is 9.47 Å². The van der Waals surface area contributed by atoms with Crippen molar-refractivity contribution in [3.8, 4) is 17.2 Å². The average Bonchev–Trinajstić information content (AvgIpc) is 2.64. The average molecular weight is 226 g/mol. The smallest absolute Gasteiger partial charge is 0.231 e. The number of hydrogen-bond acceptors (Lipinski definition) is 3. The van der Waals surface area contributed by atoms with Gasteiger partial charge in [-0.05, 0) is 30.0 Å². The first-order valence-corrected chi connectivity index (χ1v) is 4.85. The Morgan fingerprint density at radius 1 is 1.31 bits per heavy atom. The Morgan fingerprint density at radius 2 is 2.00 bits per heavy atom. The molecule has 16 heavy (non-hydrogen) atoms. The Labute approximate surface area is 98.0 Å². The van der Waals surface area contributed by atoms with Gasteiger partial charge in [0.15, 0.2) is 11.5 Å². The third kappa shape index (κ3) is 2.40. The van der Waals surface area contributed by atoms with Crippen LogP contribution in [-0.4, -0.2) is 11.9 Å². The number of benzene rings is 1. The normalized spacial score (nSPS) is 13.6. The third-order valence-corrected chi connectivity index (χ3v) is 2.66. The van der Waals surface area contributed by atoms with Gasteiger partial charge >= 0.3 is 0 Å². The maximum Gasteiger partial charge on any atom is 0.231 e. The Morgan fingerprint density at radius 3 is 2.62 bits per heavy atom. The lowest BCUT2D eigenvalue weighted by Crippen LogP contribution is -1.93. The highest BCUT2D eigenvalue weighted by Crippen LogP contribution is 2.42. The third-order valence-electron chi connectivity index (χ3n) is 2.66. The fraction of sp³-hybridized carbons (Fsp3) is 0.538. The van der Waals surface area contributed by atoms with Crippen molar-refractivity contribution >= 4 is 0 Å². The van der Waals surface area contributed by atoms with Crippen LogP contribution in [0, 0.1) is 0 Å². The maximum atomic E-state index is 9.65. The predicted octanol–water partition coefficient (Wildman–Crippen LogP) is 3.91. The van der Waals surface area contributed by atoms with Gasteiger partial charge in [-0.25, -0.2) is 0 Å². The van der Waals surface area contributed by atoms with Crippen molar-refractivity contribution in [2.45, 2.75) is 41.0 Å². The topological polar surface area (TPSA) is 38.7 Å². The van der Waals surface area contributed by atoms with Gasteiger partial charge in [-0.1, -0.05) is 28.7 Å². The summed E-state index contributed by atoms with van der Waals surface area (Å²) in [6.45, 7) is 4.44. The Kier molecular flexibility index (Phi) is 5.15. The molecule has 0 spiro atoms. The van der Waals surface area contributed by atoms with Gasteiger partial charge in [0.05, 0.1) is 0 Å². The van der Waals surface area contributed by atoms with Gasteiger partial charge in [-0.3, -0.25) is 0 Å². The first-order chi connectivity index (χ1) is 6.72. The van der Waals surface area contributed by atoms with E-state index in [1.54, 1.807) is 6.07 Å². The molecular formula is C13H22O3. The summed E-state index contributed by atoms with van der Waals surface area (Å²) in [4.78, 5) is 0. The Bertz CT molecular complexity index is 347. The minimum atomic E-state index is 0. The summed E-state index contributed by atoms with van der Waals surface area (Å²) in [5, 5.41) is 9.65. The Balaban J connectivity index is 0.00000112. The summed E-state index contributed by atoms with van der Waals surface area (Å²) in [6.07, 6.45) is 1.04. The summed E-state index contributed by atoms with van der Waals surface area (Å²) in [7, 11) is 0. The second-order valence-corrected chi connectivity index (χ2v) is 3.58. The van der Waals surface area contributed by atoms with Crippen molar-refractivity contribution in [1.82, 2.24) is 0 Å². The van der Waals surface area contributed by atoms with Gasteiger partial charge in [0, 0.05) is 0 Å². The van der Waals surface area contributed by atoms with Crippen LogP contribution in [0.1, 0.15) is 46.6 Å². The van der Waals surface area contributed by atoms with Crippen molar-refractivity contribution in [3.63, 3.8) is 0 Å². The van der Waals surface area contributed by atoms with Crippen LogP contribution >= 0.6 is 0 Å². The molecule has 3 heteroatoms. The molecule has 1 aromatic rings. The zero-order chi connectivity index (χ0) is 10.1. The number of ether oxygens (including phenoxy) is 2. The van der Waals surface area contributed by atoms with E-state index in [4.69, 9.17) is 9.47 Å². The van der Waals surface area contributed by atoms with Gasteiger partial charge in [0.25, 0.3) is 0 Å². The van der Waals surface area contributed by atoms with Gasteiger partial charge in [0.2, 0.25) is 12.5 Å². The van der Waals surface area contributed by atoms with Gasteiger partial charge in [0.1, 0.15) is 0 Å². The van der Waals surface area contributed by atoms with Gasteiger partial charge in [-0.2, -0.15) is 0 Å². The molecule has 1 unspecified atom stereocenters. The van der Waals surface area contributed by atoms with Crippen molar-refractivity contribution in [2.24, 2.45) is 0 Å². The van der Waals surface area contributed by atoms with E-state index in [9.17, 15) is 5.11 Å². The summed E-state index contributed by atoms with van der Waals surface area (Å²) in [6, 6.07) is 3.69. The molecule has 0 saturated heterocycles. The number of hydrogen-bond donors (Lipinski definition) is 1. The van der Waals surface area contributed by atoms with Crippen molar-refractivity contribution in [3.05, 3.63) is 17.7 Å². The molecule has 0 aliphatic carbocycles. The fourth-order valence-electron chi connectivity index (χ4n) is 1.53. The molecule has 3 nitrogen and oxygen atoms in total. The summed E-state index contributed by atoms with van der Waals surface area (Å²) in [5.74, 6) is 1.73. The molecule has 0 aromatic heterocycles. The lowest BCUT2D eigenvalue weighted by Gasteiger charge is -2.10. The predicted molar refractivity (Wildman–Crippen MR) is 66.4 cm³/mol. The van der Waals surface area contributed by atoms with Crippen LogP contribution in [0.5, 0.6) is 17.2 Å². The van der Waals surface area contributed by atoms with Crippen LogP contribution in [0.3, 0.4) is 0 Å². The molecular weight excluding hydrogens is 204 g/mol. The lowest BCUT2D eigenvalue weighted by atomic mass is 9.98. The molecule has 0 amide bonds. The molecule has 2 rings (SSSR count). The van der Waals surface area contributed by atoms with E-state index in [-0.39, 0.29) is 27.4 Å². The minimum Gasteiger partial charge on any atom is -0.504 e. The van der Waals surface area contributed by atoms with Crippen molar-refractivity contribution in [2.75, 3.05) is 6.79 Å². The summed E-state index contributed by atoms with van der Waals surface area (Å²) < 4.78 is 10.4. The molecule has 0 radical (unpaired) electrons. The van der Waals surface area contributed by atoms with Crippen LogP contribution in [0.2, 0.25) is 0 Å².